The summed E-state index contributed by atoms with van der Waals surface area (Å²) < 4.78 is 41.1. The van der Waals surface area contributed by atoms with E-state index in [2.05, 4.69) is 5.32 Å². The highest BCUT2D eigenvalue weighted by Crippen LogP contribution is 2.35. The predicted molar refractivity (Wildman–Crippen MR) is 115 cm³/mol. The van der Waals surface area contributed by atoms with E-state index in [4.69, 9.17) is 0 Å². The normalized spacial score (nSPS) is 18.8. The van der Waals surface area contributed by atoms with Crippen molar-refractivity contribution in [3.05, 3.63) is 53.3 Å². The molecule has 1 atom stereocenters. The van der Waals surface area contributed by atoms with Crippen molar-refractivity contribution in [2.24, 2.45) is 0 Å². The van der Waals surface area contributed by atoms with Crippen LogP contribution in [0.15, 0.2) is 41.3 Å². The maximum atomic E-state index is 13.8. The summed E-state index contributed by atoms with van der Waals surface area (Å²) >= 11 is 0. The lowest BCUT2D eigenvalue weighted by atomic mass is 10.1. The molecule has 0 saturated carbocycles. The second-order valence-electron chi connectivity index (χ2n) is 7.96. The highest BCUT2D eigenvalue weighted by atomic mass is 32.2. The summed E-state index contributed by atoms with van der Waals surface area (Å²) in [6.07, 6.45) is 1.85. The van der Waals surface area contributed by atoms with Gasteiger partial charge in [-0.25, -0.2) is 12.8 Å². The molecule has 2 amide bonds. The van der Waals surface area contributed by atoms with E-state index in [0.29, 0.717) is 35.6 Å². The third-order valence-electron chi connectivity index (χ3n) is 5.82. The molecule has 1 fully saturated rings. The van der Waals surface area contributed by atoms with Crippen LogP contribution in [-0.4, -0.2) is 43.7 Å². The fraction of sp³-hybridized carbons (Fsp3) is 0.364. The molecular formula is C22H24FN3O4S. The van der Waals surface area contributed by atoms with Crippen molar-refractivity contribution >= 4 is 33.2 Å². The number of aryl methyl sites for hydroxylation is 1. The average Bonchev–Trinajstić information content (AvgIpc) is 3.38. The Balaban J connectivity index is 1.61. The predicted octanol–water partition coefficient (Wildman–Crippen LogP) is 2.83. The molecule has 2 aliphatic heterocycles. The summed E-state index contributed by atoms with van der Waals surface area (Å²) in [4.78, 5) is 26.8. The monoisotopic (exact) mass is 445 g/mol. The van der Waals surface area contributed by atoms with Crippen LogP contribution in [0.5, 0.6) is 0 Å². The molecule has 2 aromatic rings. The van der Waals surface area contributed by atoms with Gasteiger partial charge < -0.3 is 5.32 Å². The second kappa shape index (κ2) is 8.05. The molecule has 4 rings (SSSR count). The summed E-state index contributed by atoms with van der Waals surface area (Å²) in [5, 5.41) is 2.66. The zero-order valence-electron chi connectivity index (χ0n) is 17.4. The van der Waals surface area contributed by atoms with Crippen molar-refractivity contribution in [1.29, 1.82) is 0 Å². The zero-order chi connectivity index (χ0) is 22.3. The van der Waals surface area contributed by atoms with Gasteiger partial charge in [0.05, 0.1) is 4.90 Å². The van der Waals surface area contributed by atoms with Crippen LogP contribution < -0.4 is 10.2 Å². The minimum absolute atomic E-state index is 0.165. The SMILES string of the molecule is CC(=O)N1c2ccc(S(=O)(=O)N3CCCC3)cc2CC1C(=O)Nc1ccc(C)c(F)c1. The summed E-state index contributed by atoms with van der Waals surface area (Å²) in [5.74, 6) is -1.23. The highest BCUT2D eigenvalue weighted by Gasteiger charge is 2.38. The highest BCUT2D eigenvalue weighted by molar-refractivity contribution is 7.89. The van der Waals surface area contributed by atoms with E-state index >= 15 is 0 Å². The lowest BCUT2D eigenvalue weighted by Crippen LogP contribution is -2.44. The molecule has 0 spiro atoms. The van der Waals surface area contributed by atoms with Gasteiger partial charge in [-0.05, 0) is 61.2 Å². The van der Waals surface area contributed by atoms with Gasteiger partial charge in [0.25, 0.3) is 0 Å². The molecular weight excluding hydrogens is 421 g/mol. The molecule has 0 aromatic heterocycles. The number of nitrogens with zero attached hydrogens (tertiary/aromatic N) is 2. The first-order chi connectivity index (χ1) is 14.7. The van der Waals surface area contributed by atoms with E-state index in [1.54, 1.807) is 31.2 Å². The summed E-state index contributed by atoms with van der Waals surface area (Å²) in [5.41, 5.74) is 1.89. The first kappa shape index (κ1) is 21.5. The Bertz CT molecular complexity index is 1160. The number of fused-ring (bicyclic) bond motifs is 1. The molecule has 9 heteroatoms. The van der Waals surface area contributed by atoms with E-state index < -0.39 is 27.8 Å². The van der Waals surface area contributed by atoms with Crippen LogP contribution in [0, 0.1) is 12.7 Å². The Kier molecular flexibility index (Phi) is 5.57. The van der Waals surface area contributed by atoms with Crippen LogP contribution in [0.2, 0.25) is 0 Å². The quantitative estimate of drug-likeness (QED) is 0.784. The van der Waals surface area contributed by atoms with Crippen LogP contribution in [0.1, 0.15) is 30.9 Å². The Morgan fingerprint density at radius 3 is 2.45 bits per heavy atom. The Morgan fingerprint density at radius 2 is 1.81 bits per heavy atom. The molecule has 0 aliphatic carbocycles. The first-order valence-electron chi connectivity index (χ1n) is 10.2. The molecule has 1 unspecified atom stereocenters. The number of rotatable bonds is 4. The molecule has 0 bridgehead atoms. The number of carbonyl (C=O) groups excluding carboxylic acids is 2. The smallest absolute Gasteiger partial charge is 0.247 e. The fourth-order valence-electron chi connectivity index (χ4n) is 4.16. The third kappa shape index (κ3) is 3.95. The van der Waals surface area contributed by atoms with Crippen LogP contribution in [-0.2, 0) is 26.0 Å². The molecule has 2 aliphatic rings. The van der Waals surface area contributed by atoms with Crippen LogP contribution in [0.25, 0.3) is 0 Å². The molecule has 31 heavy (non-hydrogen) atoms. The van der Waals surface area contributed by atoms with Crippen molar-refractivity contribution in [2.45, 2.75) is 44.0 Å². The second-order valence-corrected chi connectivity index (χ2v) is 9.90. The van der Waals surface area contributed by atoms with Gasteiger partial charge in [0.15, 0.2) is 0 Å². The van der Waals surface area contributed by atoms with Gasteiger partial charge in [-0.1, -0.05) is 6.07 Å². The van der Waals surface area contributed by atoms with Crippen LogP contribution in [0.3, 0.4) is 0 Å². The van der Waals surface area contributed by atoms with Crippen molar-refractivity contribution in [3.63, 3.8) is 0 Å². The van der Waals surface area contributed by atoms with E-state index in [-0.39, 0.29) is 17.2 Å². The van der Waals surface area contributed by atoms with Gasteiger partial charge in [0.2, 0.25) is 21.8 Å². The largest absolute Gasteiger partial charge is 0.324 e. The third-order valence-corrected chi connectivity index (χ3v) is 7.71. The number of amides is 2. The van der Waals surface area contributed by atoms with Crippen LogP contribution >= 0.6 is 0 Å². The minimum Gasteiger partial charge on any atom is -0.324 e. The molecule has 0 radical (unpaired) electrons. The zero-order valence-corrected chi connectivity index (χ0v) is 18.2. The molecule has 164 valence electrons. The number of halogens is 1. The number of sulfonamides is 1. The van der Waals surface area contributed by atoms with E-state index in [1.807, 2.05) is 0 Å². The van der Waals surface area contributed by atoms with Gasteiger partial charge in [-0.3, -0.25) is 14.5 Å². The lowest BCUT2D eigenvalue weighted by Gasteiger charge is -2.23. The number of hydrogen-bond donors (Lipinski definition) is 1. The molecule has 1 saturated heterocycles. The van der Waals surface area contributed by atoms with Gasteiger partial charge >= 0.3 is 0 Å². The molecule has 1 N–H and O–H groups in total. The number of hydrogen-bond acceptors (Lipinski definition) is 4. The van der Waals surface area contributed by atoms with Gasteiger partial charge in [-0.2, -0.15) is 4.31 Å². The van der Waals surface area contributed by atoms with Crippen molar-refractivity contribution in [1.82, 2.24) is 4.31 Å². The van der Waals surface area contributed by atoms with Crippen molar-refractivity contribution in [2.75, 3.05) is 23.3 Å². The first-order valence-corrected chi connectivity index (χ1v) is 11.6. The van der Waals surface area contributed by atoms with E-state index in [1.165, 1.54) is 28.3 Å². The maximum Gasteiger partial charge on any atom is 0.247 e. The standard InChI is InChI=1S/C22H24FN3O4S/c1-14-5-6-17(13-19(14)23)24-22(28)21-12-16-11-18(7-8-20(16)26(21)15(2)27)31(29,30)25-9-3-4-10-25/h5-8,11,13,21H,3-4,9-10,12H2,1-2H3,(H,24,28). The van der Waals surface area contributed by atoms with Crippen molar-refractivity contribution < 1.29 is 22.4 Å². The van der Waals surface area contributed by atoms with Crippen molar-refractivity contribution in [3.8, 4) is 0 Å². The summed E-state index contributed by atoms with van der Waals surface area (Å²) in [6, 6.07) is 8.16. The van der Waals surface area contributed by atoms with Gasteiger partial charge in [-0.15, -0.1) is 0 Å². The maximum absolute atomic E-state index is 13.8. The number of anilines is 2. The van der Waals surface area contributed by atoms with E-state index in [0.717, 1.165) is 12.8 Å². The Hall–Kier alpha value is -2.78. The number of nitrogens with one attached hydrogen (secondary N) is 1. The topological polar surface area (TPSA) is 86.8 Å². The minimum atomic E-state index is -3.61. The average molecular weight is 446 g/mol. The molecule has 2 aromatic carbocycles. The fourth-order valence-corrected chi connectivity index (χ4v) is 5.73. The van der Waals surface area contributed by atoms with E-state index in [9.17, 15) is 22.4 Å². The Labute approximate surface area is 180 Å². The molecule has 2 heterocycles. The van der Waals surface area contributed by atoms with Gasteiger partial charge in [0.1, 0.15) is 11.9 Å². The number of benzene rings is 2. The summed E-state index contributed by atoms with van der Waals surface area (Å²) in [7, 11) is -3.61. The molecule has 7 nitrogen and oxygen atoms in total. The summed E-state index contributed by atoms with van der Waals surface area (Å²) in [6.45, 7) is 3.98. The van der Waals surface area contributed by atoms with Crippen LogP contribution in [0.4, 0.5) is 15.8 Å². The van der Waals surface area contributed by atoms with Gasteiger partial charge in [0, 0.05) is 37.8 Å². The number of carbonyl (C=O) groups is 2. The lowest BCUT2D eigenvalue weighted by molar-refractivity contribution is -0.122. The Morgan fingerprint density at radius 1 is 1.10 bits per heavy atom.